The Balaban J connectivity index is 2.03. The average molecular weight is 327 g/mol. The van der Waals surface area contributed by atoms with Crippen LogP contribution in [0.2, 0.25) is 0 Å². The number of aryl methyl sites for hydroxylation is 1. The third-order valence-electron chi connectivity index (χ3n) is 2.44. The average Bonchev–Trinajstić information content (AvgIpc) is 2.75. The summed E-state index contributed by atoms with van der Waals surface area (Å²) < 4.78 is 2.45. The van der Waals surface area contributed by atoms with E-state index in [-0.39, 0.29) is 11.5 Å². The van der Waals surface area contributed by atoms with Crippen molar-refractivity contribution in [3.8, 4) is 0 Å². The molecule has 0 atom stereocenters. The van der Waals surface area contributed by atoms with E-state index < -0.39 is 0 Å². The molecule has 0 spiro atoms. The first-order valence-electron chi connectivity index (χ1n) is 5.24. The van der Waals surface area contributed by atoms with Gasteiger partial charge in [-0.3, -0.25) is 9.59 Å². The highest BCUT2D eigenvalue weighted by Crippen LogP contribution is 2.20. The van der Waals surface area contributed by atoms with Gasteiger partial charge in [-0.15, -0.1) is 11.3 Å². The van der Waals surface area contributed by atoms with Crippen LogP contribution in [0.25, 0.3) is 0 Å². The van der Waals surface area contributed by atoms with Crippen molar-refractivity contribution in [3.63, 3.8) is 0 Å². The lowest BCUT2D eigenvalue weighted by Crippen LogP contribution is -2.25. The molecule has 0 radical (unpaired) electrons. The fraction of sp³-hybridized carbons (Fsp3) is 0.167. The number of thiophene rings is 1. The van der Waals surface area contributed by atoms with Crippen molar-refractivity contribution in [3.05, 3.63) is 55.0 Å². The number of carbonyl (C=O) groups excluding carboxylic acids is 1. The summed E-state index contributed by atoms with van der Waals surface area (Å²) in [4.78, 5) is 23.2. The summed E-state index contributed by atoms with van der Waals surface area (Å²) >= 11 is 4.93. The van der Waals surface area contributed by atoms with Crippen molar-refractivity contribution >= 4 is 33.2 Å². The van der Waals surface area contributed by atoms with Crippen molar-refractivity contribution in [2.75, 3.05) is 0 Å². The zero-order valence-electron chi connectivity index (χ0n) is 9.64. The molecule has 0 fully saturated rings. The Morgan fingerprint density at radius 1 is 1.50 bits per heavy atom. The second-order valence-corrected chi connectivity index (χ2v) is 6.10. The number of carbonyl (C=O) groups is 1. The van der Waals surface area contributed by atoms with Gasteiger partial charge in [0.05, 0.1) is 3.79 Å². The Kier molecular flexibility index (Phi) is 3.98. The number of amides is 1. The predicted octanol–water partition coefficient (Wildman–Crippen LogP) is 2.14. The molecule has 0 aliphatic rings. The molecule has 0 unspecified atom stereocenters. The number of hydrogen-bond acceptors (Lipinski definition) is 3. The van der Waals surface area contributed by atoms with Crippen LogP contribution in [0, 0.1) is 0 Å². The molecule has 2 aromatic rings. The van der Waals surface area contributed by atoms with E-state index in [1.165, 1.54) is 10.6 Å². The minimum absolute atomic E-state index is 0.194. The summed E-state index contributed by atoms with van der Waals surface area (Å²) in [6.07, 6.45) is 1.58. The van der Waals surface area contributed by atoms with E-state index in [1.807, 2.05) is 11.4 Å². The van der Waals surface area contributed by atoms with Gasteiger partial charge in [-0.2, -0.15) is 0 Å². The molecule has 1 amide bonds. The van der Waals surface area contributed by atoms with E-state index in [9.17, 15) is 9.59 Å². The van der Waals surface area contributed by atoms with Gasteiger partial charge in [0.2, 0.25) is 0 Å². The van der Waals surface area contributed by atoms with Crippen molar-refractivity contribution in [1.29, 1.82) is 0 Å². The summed E-state index contributed by atoms with van der Waals surface area (Å²) in [6.45, 7) is 0.455. The first-order valence-corrected chi connectivity index (χ1v) is 6.91. The number of halogens is 1. The molecule has 2 rings (SSSR count). The van der Waals surface area contributed by atoms with Crippen molar-refractivity contribution in [1.82, 2.24) is 9.88 Å². The van der Waals surface area contributed by atoms with Crippen LogP contribution < -0.4 is 10.9 Å². The molecule has 1 N–H and O–H groups in total. The maximum atomic E-state index is 11.8. The largest absolute Gasteiger partial charge is 0.348 e. The summed E-state index contributed by atoms with van der Waals surface area (Å²) in [5.74, 6) is -0.241. The molecule has 0 saturated heterocycles. The first kappa shape index (κ1) is 13.0. The molecule has 0 aliphatic carbocycles. The van der Waals surface area contributed by atoms with Crippen LogP contribution >= 0.6 is 27.3 Å². The Labute approximate surface area is 116 Å². The summed E-state index contributed by atoms with van der Waals surface area (Å²) in [5.41, 5.74) is 1.22. The van der Waals surface area contributed by atoms with E-state index in [4.69, 9.17) is 0 Å². The lowest BCUT2D eigenvalue weighted by Gasteiger charge is -2.04. The van der Waals surface area contributed by atoms with E-state index in [0.29, 0.717) is 12.1 Å². The molecular weight excluding hydrogens is 316 g/mol. The van der Waals surface area contributed by atoms with Gasteiger partial charge < -0.3 is 9.88 Å². The third kappa shape index (κ3) is 3.08. The molecule has 2 heterocycles. The van der Waals surface area contributed by atoms with E-state index >= 15 is 0 Å². The molecule has 2 aromatic heterocycles. The fourth-order valence-electron chi connectivity index (χ4n) is 1.41. The first-order chi connectivity index (χ1) is 8.56. The maximum absolute atomic E-state index is 11.8. The van der Waals surface area contributed by atoms with Gasteiger partial charge in [-0.05, 0) is 39.0 Å². The molecule has 18 heavy (non-hydrogen) atoms. The van der Waals surface area contributed by atoms with Crippen molar-refractivity contribution < 1.29 is 4.79 Å². The minimum atomic E-state index is -0.241. The van der Waals surface area contributed by atoms with Gasteiger partial charge in [-0.1, -0.05) is 0 Å². The predicted molar refractivity (Wildman–Crippen MR) is 74.9 cm³/mol. The smallest absolute Gasteiger partial charge is 0.251 e. The van der Waals surface area contributed by atoms with Crippen LogP contribution in [-0.4, -0.2) is 10.5 Å². The molecular formula is C12H11BrN2O2S. The van der Waals surface area contributed by atoms with E-state index in [2.05, 4.69) is 21.2 Å². The second-order valence-electron chi connectivity index (χ2n) is 3.81. The molecule has 0 bridgehead atoms. The zero-order valence-corrected chi connectivity index (χ0v) is 12.0. The monoisotopic (exact) mass is 326 g/mol. The lowest BCUT2D eigenvalue weighted by atomic mass is 10.2. The molecule has 6 heteroatoms. The van der Waals surface area contributed by atoms with Crippen LogP contribution in [0.5, 0.6) is 0 Å². The Hall–Kier alpha value is -1.40. The Morgan fingerprint density at radius 2 is 2.28 bits per heavy atom. The van der Waals surface area contributed by atoms with Crippen LogP contribution in [-0.2, 0) is 13.6 Å². The highest BCUT2D eigenvalue weighted by atomic mass is 79.9. The Morgan fingerprint density at radius 3 is 2.89 bits per heavy atom. The van der Waals surface area contributed by atoms with Gasteiger partial charge in [0.15, 0.2) is 0 Å². The molecule has 4 nitrogen and oxygen atoms in total. The van der Waals surface area contributed by atoms with Gasteiger partial charge in [-0.25, -0.2) is 0 Å². The fourth-order valence-corrected chi connectivity index (χ4v) is 2.62. The number of rotatable bonds is 3. The number of pyridine rings is 1. The van der Waals surface area contributed by atoms with Gasteiger partial charge in [0.25, 0.3) is 11.5 Å². The molecule has 0 aliphatic heterocycles. The molecule has 0 aromatic carbocycles. The molecule has 0 saturated carbocycles. The molecule has 94 valence electrons. The highest BCUT2D eigenvalue weighted by molar-refractivity contribution is 9.11. The van der Waals surface area contributed by atoms with Gasteiger partial charge in [0.1, 0.15) is 0 Å². The topological polar surface area (TPSA) is 51.1 Å². The minimum Gasteiger partial charge on any atom is -0.348 e. The summed E-state index contributed by atoms with van der Waals surface area (Å²) in [5, 5.41) is 4.74. The summed E-state index contributed by atoms with van der Waals surface area (Å²) in [6, 6.07) is 4.91. The SMILES string of the molecule is Cn1ccc(C(=O)NCc2csc(Br)c2)cc1=O. The van der Waals surface area contributed by atoms with Gasteiger partial charge >= 0.3 is 0 Å². The number of nitrogens with zero attached hydrogens (tertiary/aromatic N) is 1. The number of nitrogens with one attached hydrogen (secondary N) is 1. The van der Waals surface area contributed by atoms with Crippen LogP contribution in [0.3, 0.4) is 0 Å². The maximum Gasteiger partial charge on any atom is 0.251 e. The zero-order chi connectivity index (χ0) is 13.1. The second kappa shape index (κ2) is 5.49. The van der Waals surface area contributed by atoms with Crippen molar-refractivity contribution in [2.24, 2.45) is 7.05 Å². The number of aromatic nitrogens is 1. The van der Waals surface area contributed by atoms with Gasteiger partial charge in [0, 0.05) is 31.4 Å². The Bertz CT molecular complexity index is 633. The highest BCUT2D eigenvalue weighted by Gasteiger charge is 2.07. The van der Waals surface area contributed by atoms with E-state index in [0.717, 1.165) is 9.35 Å². The standard InChI is InChI=1S/C12H11BrN2O2S/c1-15-3-2-9(5-11(15)16)12(17)14-6-8-4-10(13)18-7-8/h2-5,7H,6H2,1H3,(H,14,17). The normalized spacial score (nSPS) is 10.3. The van der Waals surface area contributed by atoms with Crippen molar-refractivity contribution in [2.45, 2.75) is 6.54 Å². The third-order valence-corrected chi connectivity index (χ3v) is 3.99. The lowest BCUT2D eigenvalue weighted by molar-refractivity contribution is 0.0950. The van der Waals surface area contributed by atoms with Crippen LogP contribution in [0.1, 0.15) is 15.9 Å². The van der Waals surface area contributed by atoms with Crippen LogP contribution in [0.15, 0.2) is 38.4 Å². The van der Waals surface area contributed by atoms with E-state index in [1.54, 1.807) is 30.6 Å². The van der Waals surface area contributed by atoms with Crippen LogP contribution in [0.4, 0.5) is 0 Å². The quantitative estimate of drug-likeness (QED) is 0.939. The summed E-state index contributed by atoms with van der Waals surface area (Å²) in [7, 11) is 1.65. The number of hydrogen-bond donors (Lipinski definition) is 1.